The number of pyridine rings is 4. The average Bonchev–Trinajstić information content (AvgIpc) is 0.970. The molecule has 4 aromatic carbocycles. The van der Waals surface area contributed by atoms with Crippen molar-refractivity contribution in [3.8, 4) is 23.3 Å². The molecular weight excluding hydrogens is 2150 g/mol. The van der Waals surface area contributed by atoms with Gasteiger partial charge in [0.2, 0.25) is 0 Å². The number of nitrogens with one attached hydrogen (secondary N) is 8. The lowest BCUT2D eigenvalue weighted by Gasteiger charge is -2.26. The molecule has 13 heterocycles. The van der Waals surface area contributed by atoms with E-state index in [0.717, 1.165) is 139 Å². The Morgan fingerprint density at radius 3 is 0.892 bits per heavy atom. The number of nitrogens with zero attached hydrogens (tertiary/aromatic N) is 10. The fourth-order valence-electron chi connectivity index (χ4n) is 15.7. The third-order valence-corrected chi connectivity index (χ3v) is 37.1. The first kappa shape index (κ1) is 109. The number of piperidine rings is 1. The molecule has 0 spiro atoms. The number of likely N-dealkylation sites (tertiary alicyclic amines) is 1. The van der Waals surface area contributed by atoms with Crippen molar-refractivity contribution < 1.29 is 52.8 Å². The minimum Gasteiger partial charge on any atom is -0.385 e. The molecule has 18 rings (SSSR count). The summed E-state index contributed by atoms with van der Waals surface area (Å²) in [6, 6.07) is 43.9. The first-order valence-corrected chi connectivity index (χ1v) is 57.3. The van der Waals surface area contributed by atoms with E-state index in [1.165, 1.54) is 148 Å². The molecule has 0 unspecified atom stereocenters. The van der Waals surface area contributed by atoms with E-state index < -0.39 is 130 Å². The highest BCUT2D eigenvalue weighted by Crippen LogP contribution is 2.33. The molecule has 0 amide bonds. The number of thiophene rings is 4. The van der Waals surface area contributed by atoms with Crippen LogP contribution in [-0.4, -0.2) is 214 Å². The second-order valence-corrected chi connectivity index (χ2v) is 50.6. The number of aromatic nitrogens is 12. The van der Waals surface area contributed by atoms with Gasteiger partial charge in [0.05, 0.1) is 61.0 Å². The maximum absolute atomic E-state index is 13.2. The van der Waals surface area contributed by atoms with Crippen LogP contribution in [0.25, 0.3) is 66.9 Å². The molecule has 1 saturated heterocycles. The van der Waals surface area contributed by atoms with Crippen LogP contribution < -0.4 is 66.3 Å². The average molecular weight is 2240 g/mol. The van der Waals surface area contributed by atoms with Gasteiger partial charge in [-0.15, -0.1) is 45.3 Å². The quantitative estimate of drug-likeness (QED) is 0.0178. The van der Waals surface area contributed by atoms with E-state index >= 15 is 0 Å². The van der Waals surface area contributed by atoms with E-state index in [-0.39, 0.29) is 65.8 Å². The van der Waals surface area contributed by atoms with Crippen molar-refractivity contribution in [3.63, 3.8) is 0 Å². The Labute approximate surface area is 879 Å². The predicted molar refractivity (Wildman–Crippen MR) is 578 cm³/mol. The van der Waals surface area contributed by atoms with Crippen LogP contribution in [0.2, 0.25) is 17.3 Å². The Morgan fingerprint density at radius 2 is 0.642 bits per heavy atom. The zero-order chi connectivity index (χ0) is 106. The van der Waals surface area contributed by atoms with Crippen LogP contribution in [0, 0.1) is 5.92 Å². The Balaban J connectivity index is 0.000000148. The maximum atomic E-state index is 13.2. The number of fused-ring (bicyclic) bond motifs is 4. The summed E-state index contributed by atoms with van der Waals surface area (Å²) in [7, 11) is -11.2. The molecule has 16 aromatic rings. The van der Waals surface area contributed by atoms with Gasteiger partial charge in [-0.05, 0) is 233 Å². The maximum Gasteiger partial charge on any atom is 0.334 e. The van der Waals surface area contributed by atoms with E-state index in [9.17, 15) is 91.2 Å². The van der Waals surface area contributed by atoms with Crippen molar-refractivity contribution in [2.24, 2.45) is 5.92 Å². The molecule has 0 bridgehead atoms. The summed E-state index contributed by atoms with van der Waals surface area (Å²) in [5.74, 6) is -3.68. The number of carbonyl (C=O) groups excluding carboxylic acids is 4. The monoisotopic (exact) mass is 2240 g/mol. The number of aromatic amines is 4. The lowest BCUT2D eigenvalue weighted by molar-refractivity contribution is -0.116. The largest absolute Gasteiger partial charge is 0.385 e. The Bertz CT molecular complexity index is 8760. The van der Waals surface area contributed by atoms with Crippen LogP contribution in [0.3, 0.4) is 0 Å². The van der Waals surface area contributed by atoms with Gasteiger partial charge in [0.25, 0.3) is 22.2 Å². The Morgan fingerprint density at radius 1 is 0.365 bits per heavy atom. The summed E-state index contributed by atoms with van der Waals surface area (Å²) in [5.41, 5.74) is 2.03. The van der Waals surface area contributed by atoms with Crippen molar-refractivity contribution in [2.75, 3.05) is 111 Å². The van der Waals surface area contributed by atoms with Crippen molar-refractivity contribution >= 4 is 221 Å². The number of anilines is 4. The summed E-state index contributed by atoms with van der Waals surface area (Å²) in [4.78, 5) is 185. The summed E-state index contributed by atoms with van der Waals surface area (Å²) >= 11 is 26.8. The second kappa shape index (κ2) is 48.0. The number of hydrogen-bond donors (Lipinski definition) is 8. The molecule has 1 saturated carbocycles. The molecule has 50 heteroatoms. The minimum atomic E-state index is -3.79. The standard InChI is InChI=1S/C27H28ClN5O5S2.C24H24ClN5O5S2.C24H21ClN4O5S2.C23H21ClN4O5S2/c28-23-7-9-25(39-23)40(37,38)17-20(34)14-18-4-8-24(30-16-18)33-26(35)21-6-5-19(15-22(21)31-27(33)36)29-10-13-32-11-2-1-3-12-32;1-29(2)10-9-26-16-4-5-18-19(12-16)28-24(33)30(23(18)32)21-7-3-15(13-27-21)11-17(31)14-37(34,35)22-8-6-20(25)36-22;25-20-6-8-22(35-20)36(33,34)13-17(30)9-15-3-7-21(27-12-15)29-23(31)18-5-4-16(26-11-14-1-2-14)10-19(18)28-24(29)32;1-2-9-25-15-4-5-17-18(11-15)27-23(31)28(22(17)30)20-7-3-14(12-26-20)10-16(29)13-35(32,33)21-8-6-19(24)34-21/h4-9,15-16,29H,1-3,10-14,17H2,(H,31,36);3-8,12-13,26H,9-11,14H2,1-2H3,(H,28,33);3-8,10,12,14,26H,1-2,9,11,13H2,(H,28,32);3-8,11-12,25H,2,9-10,13H2,1H3,(H,27,31). The highest BCUT2D eigenvalue weighted by Gasteiger charge is 2.29. The molecule has 2 fully saturated rings. The van der Waals surface area contributed by atoms with Crippen molar-refractivity contribution in [3.05, 3.63) is 318 Å². The van der Waals surface area contributed by atoms with E-state index in [2.05, 4.69) is 66.0 Å². The van der Waals surface area contributed by atoms with Crippen LogP contribution in [0.1, 0.15) is 67.7 Å². The van der Waals surface area contributed by atoms with Crippen molar-refractivity contribution in [1.29, 1.82) is 0 Å². The fraction of sp³-hybridized carbons (Fsp3) is 0.265. The topological polar surface area (TPSA) is 530 Å². The fourth-order valence-corrected chi connectivity index (χ4v) is 26.9. The molecule has 0 atom stereocenters. The van der Waals surface area contributed by atoms with Gasteiger partial charge in [-0.25, -0.2) is 91.1 Å². The molecule has 12 aromatic heterocycles. The lowest BCUT2D eigenvalue weighted by atomic mass is 10.1. The van der Waals surface area contributed by atoms with Crippen molar-refractivity contribution in [2.45, 2.75) is 88.0 Å². The number of sulfone groups is 4. The van der Waals surface area contributed by atoms with E-state index in [0.29, 0.717) is 95.7 Å². The van der Waals surface area contributed by atoms with Gasteiger partial charge in [-0.3, -0.25) is 38.4 Å². The number of likely N-dealkylation sites (N-methyl/N-ethyl adjacent to an activating group) is 1. The summed E-state index contributed by atoms with van der Waals surface area (Å²) in [6.45, 7) is 9.11. The third-order valence-electron chi connectivity index (χ3n) is 23.1. The third kappa shape index (κ3) is 28.0. The zero-order valence-corrected chi connectivity index (χ0v) is 88.6. The molecular formula is C98H94Cl4N18O20S8. The molecule has 38 nitrogen and oxygen atoms in total. The van der Waals surface area contributed by atoms with Crippen LogP contribution in [0.5, 0.6) is 0 Å². The minimum absolute atomic E-state index is 0.0330. The highest BCUT2D eigenvalue weighted by atomic mass is 35.5. The van der Waals surface area contributed by atoms with E-state index in [1.54, 1.807) is 72.8 Å². The number of halogens is 4. The van der Waals surface area contributed by atoms with Crippen molar-refractivity contribution in [1.82, 2.24) is 67.9 Å². The van der Waals surface area contributed by atoms with E-state index in [1.807, 2.05) is 32.0 Å². The molecule has 2 aliphatic rings. The zero-order valence-electron chi connectivity index (χ0n) is 79.0. The first-order valence-electron chi connectivity index (χ1n) is 45.9. The Kier molecular flexibility index (Phi) is 35.3. The summed E-state index contributed by atoms with van der Waals surface area (Å²) in [6.07, 6.45) is 11.8. The number of H-pyrrole nitrogens is 4. The van der Waals surface area contributed by atoms with Gasteiger partial charge in [0.15, 0.2) is 62.5 Å². The molecule has 772 valence electrons. The number of benzene rings is 4. The van der Waals surface area contributed by atoms with Gasteiger partial charge in [-0.1, -0.05) is 84.0 Å². The molecule has 8 N–H and O–H groups in total. The normalized spacial score (nSPS) is 12.9. The summed E-state index contributed by atoms with van der Waals surface area (Å²) < 4.78 is 104. The molecule has 1 aliphatic heterocycles. The molecule has 148 heavy (non-hydrogen) atoms. The van der Waals surface area contributed by atoms with Gasteiger partial charge in [-0.2, -0.15) is 0 Å². The number of rotatable bonds is 38. The molecule has 1 aliphatic carbocycles. The number of hydrogen-bond acceptors (Lipinski definition) is 34. The van der Waals surface area contributed by atoms with Gasteiger partial charge in [0, 0.05) is 112 Å². The SMILES string of the molecule is CCCNc1ccc2c(=O)n(-c3ccc(CC(=O)CS(=O)(=O)c4ccc(Cl)s4)cn3)c(=O)[nH]c2c1.CN(C)CCNc1ccc2c(=O)n(-c3ccc(CC(=O)CS(=O)(=O)c4ccc(Cl)s4)cn3)c(=O)[nH]c2c1.O=C(Cc1ccc(-n2c(=O)[nH]c3cc(NCC4CC4)ccc3c2=O)nc1)CS(=O)(=O)c1ccc(Cl)s1.O=C(Cc1ccc(-n2c(=O)[nH]c3cc(NCCN4CCCCC4)ccc3c2=O)nc1)CS(=O)(=O)c1ccc(Cl)s1. The number of ketones is 4. The van der Waals surface area contributed by atoms with Gasteiger partial charge >= 0.3 is 22.8 Å². The van der Waals surface area contributed by atoms with Crippen LogP contribution in [0.15, 0.2) is 250 Å². The van der Waals surface area contributed by atoms with Gasteiger partial charge < -0.3 is 51.0 Å². The Hall–Kier alpha value is -13.2. The van der Waals surface area contributed by atoms with Crippen LogP contribution >= 0.6 is 91.8 Å². The first-order chi connectivity index (χ1) is 70.6. The summed E-state index contributed by atoms with van der Waals surface area (Å²) in [5, 5.41) is 14.4. The highest BCUT2D eigenvalue weighted by molar-refractivity contribution is 7.95. The van der Waals surface area contributed by atoms with Crippen LogP contribution in [-0.2, 0) is 84.2 Å². The molecule has 0 radical (unpaired) electrons. The smallest absolute Gasteiger partial charge is 0.334 e. The second-order valence-electron chi connectivity index (χ2n) is 34.9. The number of Topliss-reactive ketones (excluding diaryl/α,β-unsaturated/α-hetero) is 4. The lowest BCUT2D eigenvalue weighted by Crippen LogP contribution is -2.34. The van der Waals surface area contributed by atoms with Crippen LogP contribution in [0.4, 0.5) is 22.7 Å². The number of carbonyl (C=O) groups is 4. The van der Waals surface area contributed by atoms with E-state index in [4.69, 9.17) is 46.4 Å². The predicted octanol–water partition coefficient (Wildman–Crippen LogP) is 12.0. The van der Waals surface area contributed by atoms with Gasteiger partial charge in [0.1, 0.15) is 63.1 Å².